The molecule has 3 rings (SSSR count). The summed E-state index contributed by atoms with van der Waals surface area (Å²) in [6.07, 6.45) is 1.78. The van der Waals surface area contributed by atoms with Crippen molar-refractivity contribution >= 4 is 17.5 Å². The molecule has 3 atom stereocenters. The third kappa shape index (κ3) is 3.17. The third-order valence-electron chi connectivity index (χ3n) is 5.02. The number of fused-ring (bicyclic) bond motifs is 1. The fourth-order valence-electron chi connectivity index (χ4n) is 3.65. The molecule has 24 heavy (non-hydrogen) atoms. The summed E-state index contributed by atoms with van der Waals surface area (Å²) in [6.45, 7) is 8.51. The van der Waals surface area contributed by atoms with E-state index in [1.165, 1.54) is 5.56 Å². The van der Waals surface area contributed by atoms with Crippen molar-refractivity contribution in [3.63, 3.8) is 0 Å². The number of nitrogens with zero attached hydrogens (tertiary/aromatic N) is 1. The molecular weight excluding hydrogens is 322 g/mol. The Morgan fingerprint density at radius 1 is 1.25 bits per heavy atom. The summed E-state index contributed by atoms with van der Waals surface area (Å²) in [5.41, 5.74) is 6.46. The van der Waals surface area contributed by atoms with Crippen LogP contribution in [0.25, 0.3) is 0 Å². The predicted octanol–water partition coefficient (Wildman–Crippen LogP) is 3.80. The van der Waals surface area contributed by atoms with Gasteiger partial charge in [-0.25, -0.2) is 5.43 Å². The second-order valence-corrected chi connectivity index (χ2v) is 7.73. The summed E-state index contributed by atoms with van der Waals surface area (Å²) < 4.78 is 0. The first-order chi connectivity index (χ1) is 11.4. The van der Waals surface area contributed by atoms with Crippen molar-refractivity contribution in [1.82, 2.24) is 15.8 Å². The van der Waals surface area contributed by atoms with Gasteiger partial charge in [-0.1, -0.05) is 37.6 Å². The first kappa shape index (κ1) is 17.3. The lowest BCUT2D eigenvalue weighted by atomic mass is 9.89. The van der Waals surface area contributed by atoms with Gasteiger partial charge >= 0.3 is 0 Å². The van der Waals surface area contributed by atoms with Gasteiger partial charge in [-0.3, -0.25) is 9.80 Å². The van der Waals surface area contributed by atoms with Gasteiger partial charge in [-0.05, 0) is 50.3 Å². The topological polar surface area (TPSA) is 44.4 Å². The average Bonchev–Trinajstić information content (AvgIpc) is 2.84. The van der Waals surface area contributed by atoms with Crippen LogP contribution in [0, 0.1) is 5.92 Å². The van der Waals surface area contributed by atoms with E-state index in [4.69, 9.17) is 11.6 Å². The van der Waals surface area contributed by atoms with Gasteiger partial charge in [-0.15, -0.1) is 0 Å². The first-order valence-corrected chi connectivity index (χ1v) is 9.07. The lowest BCUT2D eigenvalue weighted by molar-refractivity contribution is -0.133. The minimum absolute atomic E-state index is 0.0588. The standard InChI is InChI=1S/C19H26ClN3O/c1-11(2)5-10-16-12(3)21-18-17(13(4)22-23(18)19(16)24)14-6-8-15(20)9-7-14/h6-9,11,13,17-18,21-22H,5,10H2,1-4H3. The van der Waals surface area contributed by atoms with Crippen LogP contribution in [0.1, 0.15) is 52.0 Å². The molecule has 0 aromatic heterocycles. The van der Waals surface area contributed by atoms with Crippen LogP contribution in [0.5, 0.6) is 0 Å². The fraction of sp³-hybridized carbons (Fsp3) is 0.526. The van der Waals surface area contributed by atoms with Gasteiger partial charge in [0.1, 0.15) is 6.17 Å². The van der Waals surface area contributed by atoms with Crippen molar-refractivity contribution in [2.45, 2.75) is 58.7 Å². The number of carbonyl (C=O) groups excluding carboxylic acids is 1. The summed E-state index contributed by atoms with van der Waals surface area (Å²) in [6, 6.07) is 8.09. The molecule has 1 saturated heterocycles. The van der Waals surface area contributed by atoms with Gasteiger partial charge in [0.15, 0.2) is 0 Å². The van der Waals surface area contributed by atoms with Crippen molar-refractivity contribution in [3.05, 3.63) is 46.1 Å². The van der Waals surface area contributed by atoms with E-state index in [1.54, 1.807) is 5.01 Å². The van der Waals surface area contributed by atoms with E-state index in [9.17, 15) is 4.79 Å². The van der Waals surface area contributed by atoms with E-state index in [0.29, 0.717) is 5.92 Å². The summed E-state index contributed by atoms with van der Waals surface area (Å²) in [4.78, 5) is 13.0. The quantitative estimate of drug-likeness (QED) is 0.870. The zero-order valence-electron chi connectivity index (χ0n) is 14.8. The van der Waals surface area contributed by atoms with E-state index in [-0.39, 0.29) is 24.0 Å². The summed E-state index contributed by atoms with van der Waals surface area (Å²) in [7, 11) is 0. The van der Waals surface area contributed by atoms with Crippen LogP contribution in [-0.2, 0) is 4.79 Å². The Hall–Kier alpha value is -1.52. The molecule has 4 nitrogen and oxygen atoms in total. The predicted molar refractivity (Wildman–Crippen MR) is 97.3 cm³/mol. The number of hydrogen-bond donors (Lipinski definition) is 2. The zero-order chi connectivity index (χ0) is 17.4. The Bertz CT molecular complexity index is 653. The summed E-state index contributed by atoms with van der Waals surface area (Å²) in [5, 5.41) is 6.08. The second-order valence-electron chi connectivity index (χ2n) is 7.30. The molecule has 1 fully saturated rings. The molecule has 0 aliphatic carbocycles. The fourth-order valence-corrected chi connectivity index (χ4v) is 3.78. The van der Waals surface area contributed by atoms with Gasteiger partial charge in [0.2, 0.25) is 0 Å². The molecule has 1 amide bonds. The number of benzene rings is 1. The highest BCUT2D eigenvalue weighted by atomic mass is 35.5. The molecule has 2 N–H and O–H groups in total. The van der Waals surface area contributed by atoms with Crippen LogP contribution < -0.4 is 10.7 Å². The van der Waals surface area contributed by atoms with Crippen molar-refractivity contribution < 1.29 is 4.79 Å². The van der Waals surface area contributed by atoms with Gasteiger partial charge in [0.05, 0.1) is 0 Å². The van der Waals surface area contributed by atoms with E-state index in [2.05, 4.69) is 31.5 Å². The largest absolute Gasteiger partial charge is 0.367 e. The van der Waals surface area contributed by atoms with Crippen LogP contribution >= 0.6 is 11.6 Å². The van der Waals surface area contributed by atoms with Crippen LogP contribution in [0.4, 0.5) is 0 Å². The van der Waals surface area contributed by atoms with Gasteiger partial charge in [-0.2, -0.15) is 0 Å². The second kappa shape index (κ2) is 6.77. The molecule has 0 spiro atoms. The molecule has 2 heterocycles. The molecule has 2 aliphatic rings. The highest BCUT2D eigenvalue weighted by Crippen LogP contribution is 2.35. The van der Waals surface area contributed by atoms with E-state index in [0.717, 1.165) is 29.1 Å². The lowest BCUT2D eigenvalue weighted by Crippen LogP contribution is -2.54. The van der Waals surface area contributed by atoms with Crippen molar-refractivity contribution in [2.75, 3.05) is 0 Å². The number of carbonyl (C=O) groups is 1. The van der Waals surface area contributed by atoms with Crippen molar-refractivity contribution in [3.8, 4) is 0 Å². The number of amides is 1. The maximum atomic E-state index is 13.0. The molecular formula is C19H26ClN3O. The minimum atomic E-state index is -0.0588. The zero-order valence-corrected chi connectivity index (χ0v) is 15.5. The number of halogens is 1. The monoisotopic (exact) mass is 347 g/mol. The van der Waals surface area contributed by atoms with Crippen LogP contribution in [0.2, 0.25) is 5.02 Å². The molecule has 1 aromatic carbocycles. The van der Waals surface area contributed by atoms with E-state index < -0.39 is 0 Å². The average molecular weight is 348 g/mol. The Labute approximate surface area is 149 Å². The minimum Gasteiger partial charge on any atom is -0.367 e. The summed E-state index contributed by atoms with van der Waals surface area (Å²) >= 11 is 6.01. The molecule has 0 saturated carbocycles. The maximum absolute atomic E-state index is 13.0. The third-order valence-corrected chi connectivity index (χ3v) is 5.27. The van der Waals surface area contributed by atoms with Gasteiger partial charge < -0.3 is 5.32 Å². The number of nitrogens with one attached hydrogen (secondary N) is 2. The van der Waals surface area contributed by atoms with E-state index in [1.807, 2.05) is 31.2 Å². The van der Waals surface area contributed by atoms with E-state index >= 15 is 0 Å². The highest BCUT2D eigenvalue weighted by molar-refractivity contribution is 6.30. The van der Waals surface area contributed by atoms with Gasteiger partial charge in [0.25, 0.3) is 5.91 Å². The molecule has 5 heteroatoms. The smallest absolute Gasteiger partial charge is 0.267 e. The molecule has 0 radical (unpaired) electrons. The molecule has 2 aliphatic heterocycles. The first-order valence-electron chi connectivity index (χ1n) is 8.70. The Morgan fingerprint density at radius 3 is 2.54 bits per heavy atom. The Kier molecular flexibility index (Phi) is 4.88. The van der Waals surface area contributed by atoms with Crippen LogP contribution in [0.15, 0.2) is 35.5 Å². The van der Waals surface area contributed by atoms with Crippen LogP contribution in [0.3, 0.4) is 0 Å². The van der Waals surface area contributed by atoms with Crippen LogP contribution in [-0.4, -0.2) is 23.1 Å². The molecule has 130 valence electrons. The molecule has 0 bridgehead atoms. The normalized spacial score (nSPS) is 26.8. The number of allylic oxidation sites excluding steroid dienone is 1. The van der Waals surface area contributed by atoms with Gasteiger partial charge in [0, 0.05) is 28.3 Å². The Morgan fingerprint density at radius 2 is 1.92 bits per heavy atom. The number of rotatable bonds is 4. The number of hydrogen-bond acceptors (Lipinski definition) is 3. The number of hydrazine groups is 1. The van der Waals surface area contributed by atoms with Crippen molar-refractivity contribution in [2.24, 2.45) is 5.92 Å². The Balaban J connectivity index is 1.86. The molecule has 1 aromatic rings. The highest BCUT2D eigenvalue weighted by Gasteiger charge is 2.46. The molecule has 3 unspecified atom stereocenters. The SMILES string of the molecule is CC1=C(CCC(C)C)C(=O)N2NC(C)C(c3ccc(Cl)cc3)C2N1. The summed E-state index contributed by atoms with van der Waals surface area (Å²) in [5.74, 6) is 0.885. The maximum Gasteiger partial charge on any atom is 0.267 e. The van der Waals surface area contributed by atoms with Crippen molar-refractivity contribution in [1.29, 1.82) is 0 Å². The lowest BCUT2D eigenvalue weighted by Gasteiger charge is -2.35.